The number of nitrogens with two attached hydrogens (primary N) is 1. The third-order valence-corrected chi connectivity index (χ3v) is 6.13. The molecule has 2 aromatic rings. The lowest BCUT2D eigenvalue weighted by atomic mass is 10.0. The predicted octanol–water partition coefficient (Wildman–Crippen LogP) is 2.34. The maximum absolute atomic E-state index is 12.4. The third-order valence-electron chi connectivity index (χ3n) is 4.73. The summed E-state index contributed by atoms with van der Waals surface area (Å²) in [5, 5.41) is 3.03. The van der Waals surface area contributed by atoms with Gasteiger partial charge in [-0.3, -0.25) is 9.52 Å². The zero-order valence-corrected chi connectivity index (χ0v) is 15.2. The first-order valence-corrected chi connectivity index (χ1v) is 10.2. The molecule has 0 aromatic heterocycles. The second-order valence-electron chi connectivity index (χ2n) is 6.50. The van der Waals surface area contributed by atoms with E-state index in [2.05, 4.69) is 10.0 Å². The molecule has 7 heteroatoms. The van der Waals surface area contributed by atoms with Crippen molar-refractivity contribution in [3.05, 3.63) is 60.2 Å². The van der Waals surface area contributed by atoms with Gasteiger partial charge < -0.3 is 11.1 Å². The van der Waals surface area contributed by atoms with Crippen LogP contribution in [0.4, 0.5) is 5.69 Å². The van der Waals surface area contributed by atoms with Crippen LogP contribution in [0.1, 0.15) is 29.6 Å². The van der Waals surface area contributed by atoms with Crippen molar-refractivity contribution < 1.29 is 13.2 Å². The molecule has 1 saturated carbocycles. The highest BCUT2D eigenvalue weighted by atomic mass is 32.2. The molecular formula is C19H23N3O3S. The van der Waals surface area contributed by atoms with Crippen molar-refractivity contribution in [3.8, 4) is 0 Å². The number of carbonyl (C=O) groups excluding carboxylic acids is 1. The van der Waals surface area contributed by atoms with E-state index >= 15 is 0 Å². The fourth-order valence-corrected chi connectivity index (χ4v) is 4.34. The zero-order chi connectivity index (χ0) is 18.6. The van der Waals surface area contributed by atoms with Crippen molar-refractivity contribution in [2.75, 3.05) is 11.3 Å². The molecule has 2 unspecified atom stereocenters. The Bertz CT molecular complexity index is 851. The van der Waals surface area contributed by atoms with Gasteiger partial charge in [0.25, 0.3) is 15.9 Å². The molecule has 0 aliphatic heterocycles. The number of anilines is 1. The van der Waals surface area contributed by atoms with Crippen molar-refractivity contribution in [3.63, 3.8) is 0 Å². The average Bonchev–Trinajstić information content (AvgIpc) is 3.10. The number of nitrogens with one attached hydrogen (secondary N) is 2. The van der Waals surface area contributed by atoms with E-state index in [1.165, 1.54) is 12.1 Å². The largest absolute Gasteiger partial charge is 0.349 e. The van der Waals surface area contributed by atoms with E-state index < -0.39 is 10.0 Å². The van der Waals surface area contributed by atoms with Crippen molar-refractivity contribution in [2.45, 2.75) is 30.2 Å². The Morgan fingerprint density at radius 2 is 1.73 bits per heavy atom. The van der Waals surface area contributed by atoms with Gasteiger partial charge >= 0.3 is 0 Å². The van der Waals surface area contributed by atoms with Gasteiger partial charge in [-0.1, -0.05) is 24.6 Å². The van der Waals surface area contributed by atoms with Crippen LogP contribution in [0.3, 0.4) is 0 Å². The highest BCUT2D eigenvalue weighted by molar-refractivity contribution is 7.92. The summed E-state index contributed by atoms with van der Waals surface area (Å²) in [5.41, 5.74) is 6.65. The molecule has 1 aliphatic rings. The summed E-state index contributed by atoms with van der Waals surface area (Å²) >= 11 is 0. The minimum absolute atomic E-state index is 0.115. The third kappa shape index (κ3) is 4.23. The van der Waals surface area contributed by atoms with Gasteiger partial charge in [-0.05, 0) is 61.7 Å². The van der Waals surface area contributed by atoms with Gasteiger partial charge in [-0.2, -0.15) is 0 Å². The highest BCUT2D eigenvalue weighted by Crippen LogP contribution is 2.25. The van der Waals surface area contributed by atoms with Gasteiger partial charge in [0.15, 0.2) is 0 Å². The monoisotopic (exact) mass is 373 g/mol. The van der Waals surface area contributed by atoms with Crippen molar-refractivity contribution in [1.82, 2.24) is 5.32 Å². The van der Waals surface area contributed by atoms with Crippen LogP contribution in [0.15, 0.2) is 59.5 Å². The molecule has 6 nitrogen and oxygen atoms in total. The molecule has 0 bridgehead atoms. The molecule has 138 valence electrons. The highest BCUT2D eigenvalue weighted by Gasteiger charge is 2.27. The Morgan fingerprint density at radius 3 is 2.38 bits per heavy atom. The molecule has 26 heavy (non-hydrogen) atoms. The molecular weight excluding hydrogens is 350 g/mol. The van der Waals surface area contributed by atoms with Crippen LogP contribution in [-0.4, -0.2) is 26.9 Å². The van der Waals surface area contributed by atoms with Crippen molar-refractivity contribution in [1.29, 1.82) is 0 Å². The van der Waals surface area contributed by atoms with Crippen LogP contribution < -0.4 is 15.8 Å². The first kappa shape index (κ1) is 18.4. The van der Waals surface area contributed by atoms with Gasteiger partial charge in [0.05, 0.1) is 4.90 Å². The molecule has 0 radical (unpaired) electrons. The molecule has 3 rings (SSSR count). The molecule has 0 heterocycles. The topological polar surface area (TPSA) is 101 Å². The molecule has 1 aliphatic carbocycles. The van der Waals surface area contributed by atoms with Gasteiger partial charge in [0, 0.05) is 17.3 Å². The minimum atomic E-state index is -3.64. The summed E-state index contributed by atoms with van der Waals surface area (Å²) in [6.45, 7) is 0.575. The van der Waals surface area contributed by atoms with Crippen molar-refractivity contribution in [2.24, 2.45) is 11.7 Å². The average molecular weight is 373 g/mol. The predicted molar refractivity (Wildman–Crippen MR) is 101 cm³/mol. The van der Waals surface area contributed by atoms with Crippen LogP contribution in [0, 0.1) is 5.92 Å². The quantitative estimate of drug-likeness (QED) is 0.723. The molecule has 1 amide bonds. The van der Waals surface area contributed by atoms with E-state index in [1.807, 2.05) is 0 Å². The summed E-state index contributed by atoms with van der Waals surface area (Å²) < 4.78 is 27.1. The molecule has 2 aromatic carbocycles. The van der Waals surface area contributed by atoms with Gasteiger partial charge in [-0.15, -0.1) is 0 Å². The first-order chi connectivity index (χ1) is 12.5. The normalized spacial score (nSPS) is 19.9. The van der Waals surface area contributed by atoms with E-state index in [1.54, 1.807) is 42.5 Å². The van der Waals surface area contributed by atoms with Crippen LogP contribution in [0.25, 0.3) is 0 Å². The lowest BCUT2D eigenvalue weighted by molar-refractivity contribution is 0.0929. The van der Waals surface area contributed by atoms with Crippen LogP contribution in [0.2, 0.25) is 0 Å². The lowest BCUT2D eigenvalue weighted by Gasteiger charge is -2.19. The van der Waals surface area contributed by atoms with Gasteiger partial charge in [-0.25, -0.2) is 8.42 Å². The maximum Gasteiger partial charge on any atom is 0.261 e. The molecule has 0 saturated heterocycles. The van der Waals surface area contributed by atoms with E-state index in [4.69, 9.17) is 5.73 Å². The first-order valence-electron chi connectivity index (χ1n) is 8.68. The standard InChI is InChI=1S/C19H23N3O3S/c20-13-15-5-4-8-18(15)21-19(23)14-9-11-16(12-10-14)22-26(24,25)17-6-2-1-3-7-17/h1-3,6-7,9-12,15,18,22H,4-5,8,13,20H2,(H,21,23). The molecule has 0 spiro atoms. The number of hydrogen-bond acceptors (Lipinski definition) is 4. The maximum atomic E-state index is 12.4. The van der Waals surface area contributed by atoms with E-state index in [-0.39, 0.29) is 16.8 Å². The number of amides is 1. The van der Waals surface area contributed by atoms with E-state index in [0.29, 0.717) is 23.7 Å². The SMILES string of the molecule is NCC1CCCC1NC(=O)c1ccc(NS(=O)(=O)c2ccccc2)cc1. The second-order valence-corrected chi connectivity index (χ2v) is 8.18. The Balaban J connectivity index is 1.66. The molecule has 1 fully saturated rings. The second kappa shape index (κ2) is 7.88. The Labute approximate surface area is 153 Å². The fourth-order valence-electron chi connectivity index (χ4n) is 3.26. The van der Waals surface area contributed by atoms with E-state index in [0.717, 1.165) is 19.3 Å². The van der Waals surface area contributed by atoms with Crippen LogP contribution >= 0.6 is 0 Å². The summed E-state index contributed by atoms with van der Waals surface area (Å²) in [5.74, 6) is 0.170. The van der Waals surface area contributed by atoms with Gasteiger partial charge in [0.2, 0.25) is 0 Å². The van der Waals surface area contributed by atoms with Crippen molar-refractivity contribution >= 4 is 21.6 Å². The summed E-state index contributed by atoms with van der Waals surface area (Å²) in [6.07, 6.45) is 3.07. The van der Waals surface area contributed by atoms with Gasteiger partial charge in [0.1, 0.15) is 0 Å². The Hall–Kier alpha value is -2.38. The number of carbonyl (C=O) groups is 1. The lowest BCUT2D eigenvalue weighted by Crippen LogP contribution is -2.39. The zero-order valence-electron chi connectivity index (χ0n) is 14.4. The number of rotatable bonds is 6. The number of sulfonamides is 1. The van der Waals surface area contributed by atoms with E-state index in [9.17, 15) is 13.2 Å². The summed E-state index contributed by atoms with van der Waals surface area (Å²) in [4.78, 5) is 12.6. The fraction of sp³-hybridized carbons (Fsp3) is 0.316. The minimum Gasteiger partial charge on any atom is -0.349 e. The summed E-state index contributed by atoms with van der Waals surface area (Å²) in [6, 6.07) is 14.7. The number of hydrogen-bond donors (Lipinski definition) is 3. The smallest absolute Gasteiger partial charge is 0.261 e. The molecule has 4 N–H and O–H groups in total. The van der Waals surface area contributed by atoms with Crippen LogP contribution in [-0.2, 0) is 10.0 Å². The Kier molecular flexibility index (Phi) is 5.58. The molecule has 2 atom stereocenters. The van der Waals surface area contributed by atoms with Crippen LogP contribution in [0.5, 0.6) is 0 Å². The number of benzene rings is 2. The Morgan fingerprint density at radius 1 is 1.04 bits per heavy atom. The summed E-state index contributed by atoms with van der Waals surface area (Å²) in [7, 11) is -3.64.